The molecule has 2 unspecified atom stereocenters. The molecule has 0 aromatic heterocycles. The molecule has 0 aliphatic carbocycles. The molecule has 0 heterocycles. The molecule has 2 atom stereocenters. The zero-order chi connectivity index (χ0) is 23.1. The molecule has 5 nitrogen and oxygen atoms in total. The number of rotatable bonds is 7. The molecular formula is C27H26N2O3. The van der Waals surface area contributed by atoms with Gasteiger partial charge in [-0.2, -0.15) is 5.26 Å². The highest BCUT2D eigenvalue weighted by molar-refractivity contribution is 5.95. The van der Waals surface area contributed by atoms with Crippen LogP contribution in [0.3, 0.4) is 0 Å². The van der Waals surface area contributed by atoms with E-state index >= 15 is 0 Å². The standard InChI is InChI=1S/C27H26N2O3/c1-18-6-4-9-24(14-18)22-10-12-23(13-11-22)26(30)29-19(2)25(27(31)32-3)16-20-7-5-8-21(15-20)17-28/h4-15,19,25H,16H2,1-3H3,(H,29,30). The summed E-state index contributed by atoms with van der Waals surface area (Å²) in [7, 11) is 1.33. The number of benzene rings is 3. The van der Waals surface area contributed by atoms with Crippen LogP contribution in [0.25, 0.3) is 11.1 Å². The number of nitriles is 1. The minimum atomic E-state index is -0.579. The third-order valence-electron chi connectivity index (χ3n) is 5.48. The summed E-state index contributed by atoms with van der Waals surface area (Å²) in [5.41, 5.74) is 5.18. The summed E-state index contributed by atoms with van der Waals surface area (Å²) in [6.07, 6.45) is 0.357. The summed E-state index contributed by atoms with van der Waals surface area (Å²) in [6, 6.07) is 24.3. The molecule has 0 aliphatic rings. The molecule has 0 saturated heterocycles. The van der Waals surface area contributed by atoms with E-state index in [1.165, 1.54) is 12.7 Å². The fourth-order valence-electron chi connectivity index (χ4n) is 3.67. The van der Waals surface area contributed by atoms with Crippen LogP contribution in [-0.2, 0) is 16.0 Å². The van der Waals surface area contributed by atoms with E-state index in [1.807, 2.05) is 43.3 Å². The second-order valence-corrected chi connectivity index (χ2v) is 7.85. The van der Waals surface area contributed by atoms with Crippen molar-refractivity contribution in [2.45, 2.75) is 26.3 Å². The Hall–Kier alpha value is -3.91. The van der Waals surface area contributed by atoms with Gasteiger partial charge in [-0.05, 0) is 61.2 Å². The second-order valence-electron chi connectivity index (χ2n) is 7.85. The lowest BCUT2D eigenvalue weighted by Crippen LogP contribution is -2.42. The number of amides is 1. The molecular weight excluding hydrogens is 400 g/mol. The van der Waals surface area contributed by atoms with Crippen LogP contribution in [0.1, 0.15) is 34.0 Å². The maximum atomic E-state index is 12.8. The third-order valence-corrected chi connectivity index (χ3v) is 5.48. The molecule has 32 heavy (non-hydrogen) atoms. The van der Waals surface area contributed by atoms with Gasteiger partial charge in [0.15, 0.2) is 0 Å². The highest BCUT2D eigenvalue weighted by atomic mass is 16.5. The molecule has 3 rings (SSSR count). The number of hydrogen-bond donors (Lipinski definition) is 1. The van der Waals surface area contributed by atoms with Crippen LogP contribution in [0.2, 0.25) is 0 Å². The van der Waals surface area contributed by atoms with E-state index in [4.69, 9.17) is 10.00 Å². The predicted molar refractivity (Wildman–Crippen MR) is 124 cm³/mol. The first-order valence-corrected chi connectivity index (χ1v) is 10.5. The topological polar surface area (TPSA) is 79.2 Å². The monoisotopic (exact) mass is 426 g/mol. The summed E-state index contributed by atoms with van der Waals surface area (Å²) in [4.78, 5) is 25.2. The highest BCUT2D eigenvalue weighted by Crippen LogP contribution is 2.21. The predicted octanol–water partition coefficient (Wildman–Crippen LogP) is 4.68. The average Bonchev–Trinajstić information content (AvgIpc) is 2.82. The first-order chi connectivity index (χ1) is 15.4. The van der Waals surface area contributed by atoms with Crippen molar-refractivity contribution in [1.29, 1.82) is 5.26 Å². The lowest BCUT2D eigenvalue weighted by atomic mass is 9.92. The minimum absolute atomic E-state index is 0.257. The van der Waals surface area contributed by atoms with Gasteiger partial charge in [0.1, 0.15) is 0 Å². The zero-order valence-electron chi connectivity index (χ0n) is 18.5. The number of nitrogens with one attached hydrogen (secondary N) is 1. The van der Waals surface area contributed by atoms with Crippen LogP contribution in [-0.4, -0.2) is 25.0 Å². The van der Waals surface area contributed by atoms with Crippen molar-refractivity contribution >= 4 is 11.9 Å². The van der Waals surface area contributed by atoms with Gasteiger partial charge < -0.3 is 10.1 Å². The molecule has 1 N–H and O–H groups in total. The lowest BCUT2D eigenvalue weighted by molar-refractivity contribution is -0.146. The van der Waals surface area contributed by atoms with Crippen molar-refractivity contribution in [1.82, 2.24) is 5.32 Å². The van der Waals surface area contributed by atoms with E-state index in [0.717, 1.165) is 16.7 Å². The van der Waals surface area contributed by atoms with Gasteiger partial charge in [0, 0.05) is 11.6 Å². The molecule has 0 aliphatic heterocycles. The molecule has 3 aromatic rings. The first-order valence-electron chi connectivity index (χ1n) is 10.5. The fraction of sp³-hybridized carbons (Fsp3) is 0.222. The summed E-state index contributed by atoms with van der Waals surface area (Å²) < 4.78 is 4.97. The van der Waals surface area contributed by atoms with Gasteiger partial charge in [0.25, 0.3) is 5.91 Å². The number of methoxy groups -OCH3 is 1. The Morgan fingerprint density at radius 1 is 1.00 bits per heavy atom. The zero-order valence-corrected chi connectivity index (χ0v) is 18.5. The molecule has 0 bridgehead atoms. The van der Waals surface area contributed by atoms with Crippen molar-refractivity contribution in [2.24, 2.45) is 5.92 Å². The third kappa shape index (κ3) is 5.61. The summed E-state index contributed by atoms with van der Waals surface area (Å²) in [5.74, 6) is -1.24. The number of esters is 1. The largest absolute Gasteiger partial charge is 0.469 e. The van der Waals surface area contributed by atoms with Gasteiger partial charge in [0.05, 0.1) is 24.7 Å². The van der Waals surface area contributed by atoms with E-state index in [1.54, 1.807) is 37.3 Å². The smallest absolute Gasteiger partial charge is 0.311 e. The van der Waals surface area contributed by atoms with Gasteiger partial charge in [-0.25, -0.2) is 0 Å². The molecule has 0 spiro atoms. The van der Waals surface area contributed by atoms with Gasteiger partial charge in [-0.1, -0.05) is 54.1 Å². The van der Waals surface area contributed by atoms with E-state index in [-0.39, 0.29) is 5.91 Å². The summed E-state index contributed by atoms with van der Waals surface area (Å²) in [5, 5.41) is 12.0. The normalized spacial score (nSPS) is 12.3. The molecule has 5 heteroatoms. The first kappa shape index (κ1) is 22.8. The van der Waals surface area contributed by atoms with Crippen LogP contribution in [0.4, 0.5) is 0 Å². The maximum Gasteiger partial charge on any atom is 0.311 e. The Bertz CT molecular complexity index is 1150. The number of hydrogen-bond acceptors (Lipinski definition) is 4. The Kier molecular flexibility index (Phi) is 7.41. The molecule has 3 aromatic carbocycles. The lowest BCUT2D eigenvalue weighted by Gasteiger charge is -2.23. The van der Waals surface area contributed by atoms with Gasteiger partial charge in [-0.15, -0.1) is 0 Å². The number of carbonyl (C=O) groups excluding carboxylic acids is 2. The van der Waals surface area contributed by atoms with Crippen LogP contribution in [0.5, 0.6) is 0 Å². The Morgan fingerprint density at radius 2 is 1.72 bits per heavy atom. The van der Waals surface area contributed by atoms with Crippen molar-refractivity contribution < 1.29 is 14.3 Å². The quantitative estimate of drug-likeness (QED) is 0.556. The van der Waals surface area contributed by atoms with Crippen molar-refractivity contribution in [2.75, 3.05) is 7.11 Å². The fourth-order valence-corrected chi connectivity index (χ4v) is 3.67. The summed E-state index contributed by atoms with van der Waals surface area (Å²) >= 11 is 0. The van der Waals surface area contributed by atoms with E-state index < -0.39 is 17.9 Å². The van der Waals surface area contributed by atoms with Crippen molar-refractivity contribution in [3.63, 3.8) is 0 Å². The molecule has 162 valence electrons. The second kappa shape index (κ2) is 10.4. The molecule has 0 saturated carbocycles. The number of nitrogens with zero attached hydrogens (tertiary/aromatic N) is 1. The highest BCUT2D eigenvalue weighted by Gasteiger charge is 2.28. The number of ether oxygens (including phenoxy) is 1. The Balaban J connectivity index is 1.72. The summed E-state index contributed by atoms with van der Waals surface area (Å²) in [6.45, 7) is 3.83. The van der Waals surface area contributed by atoms with E-state index in [9.17, 15) is 9.59 Å². The van der Waals surface area contributed by atoms with Crippen LogP contribution in [0.15, 0.2) is 72.8 Å². The number of aryl methyl sites for hydroxylation is 1. The molecule has 0 fully saturated rings. The SMILES string of the molecule is COC(=O)C(Cc1cccc(C#N)c1)C(C)NC(=O)c1ccc(-c2cccc(C)c2)cc1. The van der Waals surface area contributed by atoms with Crippen molar-refractivity contribution in [3.8, 4) is 17.2 Å². The van der Waals surface area contributed by atoms with E-state index in [2.05, 4.69) is 17.5 Å². The van der Waals surface area contributed by atoms with Crippen LogP contribution < -0.4 is 5.32 Å². The minimum Gasteiger partial charge on any atom is -0.469 e. The molecule has 1 amide bonds. The molecule has 0 radical (unpaired) electrons. The van der Waals surface area contributed by atoms with Gasteiger partial charge >= 0.3 is 5.97 Å². The Labute approximate surface area is 188 Å². The van der Waals surface area contributed by atoms with Crippen molar-refractivity contribution in [3.05, 3.63) is 95.1 Å². The van der Waals surface area contributed by atoms with Gasteiger partial charge in [0.2, 0.25) is 0 Å². The van der Waals surface area contributed by atoms with Crippen LogP contribution >= 0.6 is 0 Å². The van der Waals surface area contributed by atoms with Crippen LogP contribution in [0, 0.1) is 24.2 Å². The Morgan fingerprint density at radius 3 is 2.38 bits per heavy atom. The maximum absolute atomic E-state index is 12.8. The number of carbonyl (C=O) groups is 2. The van der Waals surface area contributed by atoms with Gasteiger partial charge in [-0.3, -0.25) is 9.59 Å². The average molecular weight is 427 g/mol. The van der Waals surface area contributed by atoms with E-state index in [0.29, 0.717) is 17.5 Å².